The summed E-state index contributed by atoms with van der Waals surface area (Å²) in [5, 5.41) is 0. The van der Waals surface area contributed by atoms with Gasteiger partial charge in [-0.25, -0.2) is 0 Å². The number of rotatable bonds is 4. The second-order valence-electron chi connectivity index (χ2n) is 5.81. The molecule has 3 aliphatic rings. The first-order valence-electron chi connectivity index (χ1n) is 6.98. The van der Waals surface area contributed by atoms with Crippen molar-refractivity contribution in [3.8, 4) is 0 Å². The third-order valence-corrected chi connectivity index (χ3v) is 4.91. The molecule has 4 atom stereocenters. The largest absolute Gasteiger partial charge is 0.466 e. The van der Waals surface area contributed by atoms with E-state index >= 15 is 0 Å². The van der Waals surface area contributed by atoms with Crippen molar-refractivity contribution in [2.75, 3.05) is 13.2 Å². The van der Waals surface area contributed by atoms with Crippen LogP contribution in [0.1, 0.15) is 33.1 Å². The van der Waals surface area contributed by atoms with Crippen molar-refractivity contribution in [3.05, 3.63) is 0 Å². The van der Waals surface area contributed by atoms with Crippen LogP contribution in [0.4, 0.5) is 0 Å². The Labute approximate surface area is 107 Å². The third-order valence-electron chi connectivity index (χ3n) is 4.91. The second kappa shape index (κ2) is 3.97. The fraction of sp³-hybridized carbons (Fsp3) is 0.857. The number of hydrogen-bond acceptors (Lipinski definition) is 4. The van der Waals surface area contributed by atoms with Crippen molar-refractivity contribution in [2.24, 2.45) is 29.1 Å². The summed E-state index contributed by atoms with van der Waals surface area (Å²) >= 11 is 0. The van der Waals surface area contributed by atoms with Crippen LogP contribution in [0.2, 0.25) is 0 Å². The lowest BCUT2D eigenvalue weighted by molar-refractivity contribution is -0.150. The van der Waals surface area contributed by atoms with Gasteiger partial charge in [-0.05, 0) is 50.4 Å². The summed E-state index contributed by atoms with van der Waals surface area (Å²) in [6.45, 7) is 4.49. The molecule has 1 spiro atoms. The Hall–Kier alpha value is -1.06. The fourth-order valence-corrected chi connectivity index (χ4v) is 4.06. The van der Waals surface area contributed by atoms with E-state index in [0.717, 1.165) is 6.42 Å². The number of carbonyl (C=O) groups excluding carboxylic acids is 2. The molecule has 3 saturated carbocycles. The van der Waals surface area contributed by atoms with Gasteiger partial charge < -0.3 is 9.47 Å². The molecule has 0 amide bonds. The maximum atomic E-state index is 11.9. The van der Waals surface area contributed by atoms with Gasteiger partial charge in [0.2, 0.25) is 0 Å². The Balaban J connectivity index is 1.72. The number of ether oxygens (including phenoxy) is 2. The summed E-state index contributed by atoms with van der Waals surface area (Å²) < 4.78 is 10.3. The number of hydrogen-bond donors (Lipinski definition) is 0. The minimum absolute atomic E-state index is 0.0318. The first-order valence-corrected chi connectivity index (χ1v) is 6.98. The number of esters is 2. The van der Waals surface area contributed by atoms with E-state index in [1.807, 2.05) is 13.8 Å². The zero-order valence-electron chi connectivity index (χ0n) is 11.0. The van der Waals surface area contributed by atoms with Crippen LogP contribution >= 0.6 is 0 Å². The average molecular weight is 252 g/mol. The highest BCUT2D eigenvalue weighted by atomic mass is 16.5. The smallest absolute Gasteiger partial charge is 0.309 e. The van der Waals surface area contributed by atoms with Crippen LogP contribution in [0.5, 0.6) is 0 Å². The molecule has 3 fully saturated rings. The van der Waals surface area contributed by atoms with E-state index in [2.05, 4.69) is 0 Å². The monoisotopic (exact) mass is 252 g/mol. The Kier molecular flexibility index (Phi) is 2.65. The lowest BCUT2D eigenvalue weighted by Crippen LogP contribution is -2.23. The lowest BCUT2D eigenvalue weighted by Gasteiger charge is -2.17. The summed E-state index contributed by atoms with van der Waals surface area (Å²) in [7, 11) is 0. The minimum atomic E-state index is -0.108. The van der Waals surface area contributed by atoms with Crippen LogP contribution in [0.15, 0.2) is 0 Å². The van der Waals surface area contributed by atoms with E-state index in [9.17, 15) is 9.59 Å². The zero-order valence-corrected chi connectivity index (χ0v) is 11.0. The van der Waals surface area contributed by atoms with Gasteiger partial charge in [0.1, 0.15) is 0 Å². The van der Waals surface area contributed by atoms with Crippen LogP contribution in [0.3, 0.4) is 0 Å². The van der Waals surface area contributed by atoms with Crippen molar-refractivity contribution in [2.45, 2.75) is 33.1 Å². The van der Waals surface area contributed by atoms with E-state index in [0.29, 0.717) is 19.1 Å². The number of fused-ring (bicyclic) bond motifs is 2. The maximum absolute atomic E-state index is 11.9. The van der Waals surface area contributed by atoms with Gasteiger partial charge in [-0.2, -0.15) is 0 Å². The summed E-state index contributed by atoms with van der Waals surface area (Å²) in [6.07, 6.45) is 3.26. The molecule has 0 aromatic heterocycles. The first-order chi connectivity index (χ1) is 8.64. The SMILES string of the molecule is CCOC(=O)C1CC2(CC2)C2C(C(=O)OCC)C12. The van der Waals surface area contributed by atoms with Crippen LogP contribution in [-0.2, 0) is 19.1 Å². The van der Waals surface area contributed by atoms with Gasteiger partial charge in [-0.15, -0.1) is 0 Å². The maximum Gasteiger partial charge on any atom is 0.309 e. The first kappa shape index (κ1) is 12.0. The van der Waals surface area contributed by atoms with E-state index in [1.54, 1.807) is 0 Å². The van der Waals surface area contributed by atoms with Gasteiger partial charge in [0, 0.05) is 0 Å². The standard InChI is InChI=1S/C14H20O4/c1-3-17-12(15)8-7-14(5-6-14)11-9(8)10(11)13(16)18-4-2/h8-11H,3-7H2,1-2H3. The molecule has 0 bridgehead atoms. The normalized spacial score (nSPS) is 38.1. The summed E-state index contributed by atoms with van der Waals surface area (Å²) in [4.78, 5) is 23.8. The summed E-state index contributed by atoms with van der Waals surface area (Å²) in [5.41, 5.74) is 0.277. The molecule has 0 aromatic carbocycles. The van der Waals surface area contributed by atoms with Crippen molar-refractivity contribution < 1.29 is 19.1 Å². The van der Waals surface area contributed by atoms with Gasteiger partial charge in [0.15, 0.2) is 0 Å². The van der Waals surface area contributed by atoms with E-state index in [1.165, 1.54) is 12.8 Å². The molecule has 3 rings (SSSR count). The van der Waals surface area contributed by atoms with Crippen LogP contribution < -0.4 is 0 Å². The molecule has 0 radical (unpaired) electrons. The lowest BCUT2D eigenvalue weighted by atomic mass is 9.91. The highest BCUT2D eigenvalue weighted by molar-refractivity contribution is 5.82. The van der Waals surface area contributed by atoms with E-state index < -0.39 is 0 Å². The van der Waals surface area contributed by atoms with Gasteiger partial charge >= 0.3 is 11.9 Å². The molecule has 0 heterocycles. The topological polar surface area (TPSA) is 52.6 Å². The van der Waals surface area contributed by atoms with E-state index in [4.69, 9.17) is 9.47 Å². The van der Waals surface area contributed by atoms with Crippen LogP contribution in [0.25, 0.3) is 0 Å². The highest BCUT2D eigenvalue weighted by Gasteiger charge is 2.77. The van der Waals surface area contributed by atoms with Crippen LogP contribution in [-0.4, -0.2) is 25.2 Å². The average Bonchev–Trinajstić information content (AvgIpc) is 3.17. The zero-order chi connectivity index (χ0) is 12.9. The number of carbonyl (C=O) groups is 2. The Morgan fingerprint density at radius 1 is 1.11 bits per heavy atom. The van der Waals surface area contributed by atoms with Gasteiger partial charge in [-0.3, -0.25) is 9.59 Å². The summed E-state index contributed by atoms with van der Waals surface area (Å²) in [5.74, 6) is 0.287. The molecule has 18 heavy (non-hydrogen) atoms. The highest BCUT2D eigenvalue weighted by Crippen LogP contribution is 2.77. The second-order valence-corrected chi connectivity index (χ2v) is 5.81. The quantitative estimate of drug-likeness (QED) is 0.716. The Bertz CT molecular complexity index is 385. The third kappa shape index (κ3) is 1.57. The predicted octanol–water partition coefficient (Wildman–Crippen LogP) is 1.77. The fourth-order valence-electron chi connectivity index (χ4n) is 4.06. The Morgan fingerprint density at radius 2 is 1.72 bits per heavy atom. The van der Waals surface area contributed by atoms with Crippen molar-refractivity contribution in [1.82, 2.24) is 0 Å². The van der Waals surface area contributed by atoms with Gasteiger partial charge in [-0.1, -0.05) is 0 Å². The van der Waals surface area contributed by atoms with Crippen molar-refractivity contribution in [3.63, 3.8) is 0 Å². The molecule has 0 aromatic rings. The molecule has 100 valence electrons. The molecule has 0 saturated heterocycles. The molecule has 4 heteroatoms. The molecular formula is C14H20O4. The molecule has 0 aliphatic heterocycles. The Morgan fingerprint density at radius 3 is 2.28 bits per heavy atom. The van der Waals surface area contributed by atoms with Gasteiger partial charge in [0.05, 0.1) is 25.0 Å². The predicted molar refractivity (Wildman–Crippen MR) is 63.5 cm³/mol. The molecule has 4 unspecified atom stereocenters. The van der Waals surface area contributed by atoms with Crippen molar-refractivity contribution >= 4 is 11.9 Å². The van der Waals surface area contributed by atoms with Crippen molar-refractivity contribution in [1.29, 1.82) is 0 Å². The minimum Gasteiger partial charge on any atom is -0.466 e. The van der Waals surface area contributed by atoms with E-state index in [-0.39, 0.29) is 35.1 Å². The molecule has 0 N–H and O–H groups in total. The molecule has 4 nitrogen and oxygen atoms in total. The summed E-state index contributed by atoms with van der Waals surface area (Å²) in [6, 6.07) is 0. The molecular weight excluding hydrogens is 232 g/mol. The van der Waals surface area contributed by atoms with Crippen LogP contribution in [0, 0.1) is 29.1 Å². The van der Waals surface area contributed by atoms with Gasteiger partial charge in [0.25, 0.3) is 0 Å². The molecule has 3 aliphatic carbocycles.